The molecule has 0 amide bonds. The van der Waals surface area contributed by atoms with Gasteiger partial charge in [0.2, 0.25) is 0 Å². The maximum Gasteiger partial charge on any atom is 0.417 e. The zero-order chi connectivity index (χ0) is 15.2. The number of nitrogens with zero attached hydrogens (tertiary/aromatic N) is 1. The van der Waals surface area contributed by atoms with E-state index >= 15 is 0 Å². The zero-order valence-electron chi connectivity index (χ0n) is 10.8. The Balaban J connectivity index is 2.26. The van der Waals surface area contributed by atoms with Crippen molar-refractivity contribution in [1.82, 2.24) is 10.3 Å². The Morgan fingerprint density at radius 1 is 1.30 bits per heavy atom. The van der Waals surface area contributed by atoms with Crippen LogP contribution in [0.3, 0.4) is 0 Å². The third kappa shape index (κ3) is 7.11. The first-order chi connectivity index (χ1) is 9.18. The van der Waals surface area contributed by atoms with Gasteiger partial charge in [-0.15, -0.1) is 11.8 Å². The van der Waals surface area contributed by atoms with Crippen molar-refractivity contribution in [2.45, 2.75) is 11.2 Å². The number of aromatic nitrogens is 1. The fraction of sp³-hybridized carbons (Fsp3) is 0.545. The molecule has 1 aromatic heterocycles. The van der Waals surface area contributed by atoms with Crippen LogP contribution >= 0.6 is 11.8 Å². The predicted octanol–water partition coefficient (Wildman–Crippen LogP) is 1.83. The minimum absolute atomic E-state index is 0.0657. The van der Waals surface area contributed by atoms with Gasteiger partial charge in [-0.05, 0) is 12.1 Å². The van der Waals surface area contributed by atoms with Crippen LogP contribution in [-0.2, 0) is 16.0 Å². The SMILES string of the molecule is CS(=O)(=O)CCNCCSc1ccc(C(F)(F)F)cn1. The summed E-state index contributed by atoms with van der Waals surface area (Å²) >= 11 is 1.31. The van der Waals surface area contributed by atoms with Gasteiger partial charge in [0.25, 0.3) is 0 Å². The molecule has 9 heteroatoms. The van der Waals surface area contributed by atoms with E-state index in [1.807, 2.05) is 0 Å². The second-order valence-corrected chi connectivity index (χ2v) is 7.49. The van der Waals surface area contributed by atoms with Crippen molar-refractivity contribution in [3.63, 3.8) is 0 Å². The van der Waals surface area contributed by atoms with Gasteiger partial charge < -0.3 is 5.32 Å². The lowest BCUT2D eigenvalue weighted by Gasteiger charge is -2.07. The van der Waals surface area contributed by atoms with Gasteiger partial charge in [-0.3, -0.25) is 0 Å². The van der Waals surface area contributed by atoms with Crippen LogP contribution in [0.4, 0.5) is 13.2 Å². The molecule has 1 aromatic rings. The number of nitrogens with one attached hydrogen (secondary N) is 1. The number of hydrogen-bond acceptors (Lipinski definition) is 5. The van der Waals surface area contributed by atoms with Gasteiger partial charge in [0.15, 0.2) is 0 Å². The Labute approximate surface area is 120 Å². The molecule has 1 rings (SSSR count). The predicted molar refractivity (Wildman–Crippen MR) is 72.5 cm³/mol. The first-order valence-electron chi connectivity index (χ1n) is 5.73. The molecule has 1 heterocycles. The Morgan fingerprint density at radius 3 is 2.50 bits per heavy atom. The molecule has 0 saturated heterocycles. The van der Waals surface area contributed by atoms with Gasteiger partial charge in [0.05, 0.1) is 16.3 Å². The van der Waals surface area contributed by atoms with E-state index in [2.05, 4.69) is 10.3 Å². The summed E-state index contributed by atoms with van der Waals surface area (Å²) in [5.41, 5.74) is -0.770. The molecule has 0 fully saturated rings. The maximum atomic E-state index is 12.3. The molecule has 0 bridgehead atoms. The molecule has 0 saturated carbocycles. The maximum absolute atomic E-state index is 12.3. The lowest BCUT2D eigenvalue weighted by atomic mass is 10.3. The molecule has 0 atom stereocenters. The van der Waals surface area contributed by atoms with E-state index in [1.54, 1.807) is 0 Å². The van der Waals surface area contributed by atoms with E-state index in [-0.39, 0.29) is 5.75 Å². The highest BCUT2D eigenvalue weighted by Crippen LogP contribution is 2.29. The number of halogens is 3. The van der Waals surface area contributed by atoms with Crippen molar-refractivity contribution in [2.75, 3.05) is 30.9 Å². The van der Waals surface area contributed by atoms with Crippen molar-refractivity contribution in [3.05, 3.63) is 23.9 Å². The number of alkyl halides is 3. The summed E-state index contributed by atoms with van der Waals surface area (Å²) in [4.78, 5) is 3.72. The van der Waals surface area contributed by atoms with Gasteiger partial charge in [-0.1, -0.05) is 0 Å². The molecule has 4 nitrogen and oxygen atoms in total. The molecule has 0 aliphatic heterocycles. The molecule has 1 N–H and O–H groups in total. The van der Waals surface area contributed by atoms with Crippen LogP contribution in [0.15, 0.2) is 23.4 Å². The standard InChI is InChI=1S/C11H15F3N2O2S2/c1-20(17,18)7-5-15-4-6-19-10-3-2-9(8-16-10)11(12,13)14/h2-3,8,15H,4-7H2,1H3. The molecule has 0 radical (unpaired) electrons. The van der Waals surface area contributed by atoms with E-state index in [4.69, 9.17) is 0 Å². The van der Waals surface area contributed by atoms with Crippen LogP contribution in [0.25, 0.3) is 0 Å². The van der Waals surface area contributed by atoms with Crippen molar-refractivity contribution in [1.29, 1.82) is 0 Å². The summed E-state index contributed by atoms with van der Waals surface area (Å²) in [5, 5.41) is 3.44. The third-order valence-electron chi connectivity index (χ3n) is 2.24. The number of pyridine rings is 1. The summed E-state index contributed by atoms with van der Waals surface area (Å²) < 4.78 is 58.6. The lowest BCUT2D eigenvalue weighted by molar-refractivity contribution is -0.137. The highest BCUT2D eigenvalue weighted by atomic mass is 32.2. The highest BCUT2D eigenvalue weighted by Gasteiger charge is 2.30. The molecule has 0 aliphatic carbocycles. The van der Waals surface area contributed by atoms with Crippen LogP contribution in [0, 0.1) is 0 Å². The summed E-state index contributed by atoms with van der Waals surface area (Å²) in [6.07, 6.45) is -2.40. The largest absolute Gasteiger partial charge is 0.417 e. The zero-order valence-corrected chi connectivity index (χ0v) is 12.4. The van der Waals surface area contributed by atoms with Crippen LogP contribution < -0.4 is 5.32 Å². The first kappa shape index (κ1) is 17.3. The number of sulfone groups is 1. The molecule has 0 unspecified atom stereocenters. The highest BCUT2D eigenvalue weighted by molar-refractivity contribution is 7.99. The smallest absolute Gasteiger partial charge is 0.315 e. The van der Waals surface area contributed by atoms with E-state index in [0.29, 0.717) is 23.9 Å². The fourth-order valence-electron chi connectivity index (χ4n) is 1.24. The Kier molecular flexibility index (Phi) is 6.28. The topological polar surface area (TPSA) is 59.1 Å². The van der Waals surface area contributed by atoms with Gasteiger partial charge in [0, 0.05) is 31.3 Å². The van der Waals surface area contributed by atoms with E-state index in [1.165, 1.54) is 17.8 Å². The molecule has 0 aromatic carbocycles. The van der Waals surface area contributed by atoms with E-state index < -0.39 is 21.6 Å². The van der Waals surface area contributed by atoms with Crippen molar-refractivity contribution < 1.29 is 21.6 Å². The summed E-state index contributed by atoms with van der Waals surface area (Å²) in [5.74, 6) is 0.665. The van der Waals surface area contributed by atoms with Crippen molar-refractivity contribution in [3.8, 4) is 0 Å². The van der Waals surface area contributed by atoms with Crippen LogP contribution in [0.1, 0.15) is 5.56 Å². The summed E-state index contributed by atoms with van der Waals surface area (Å²) in [6, 6.07) is 2.32. The Hall–Kier alpha value is -0.800. The van der Waals surface area contributed by atoms with Gasteiger partial charge in [-0.2, -0.15) is 13.2 Å². The number of rotatable bonds is 7. The minimum atomic E-state index is -4.37. The second kappa shape index (κ2) is 7.28. The van der Waals surface area contributed by atoms with Crippen LogP contribution in [0.5, 0.6) is 0 Å². The monoisotopic (exact) mass is 328 g/mol. The average molecular weight is 328 g/mol. The summed E-state index contributed by atoms with van der Waals surface area (Å²) in [6.45, 7) is 0.919. The van der Waals surface area contributed by atoms with E-state index in [0.717, 1.165) is 18.5 Å². The fourth-order valence-corrected chi connectivity index (χ4v) is 2.51. The van der Waals surface area contributed by atoms with Crippen LogP contribution in [0.2, 0.25) is 0 Å². The molecule has 0 aliphatic rings. The number of thioether (sulfide) groups is 1. The molecular formula is C11H15F3N2O2S2. The normalized spacial score (nSPS) is 12.6. The third-order valence-corrected chi connectivity index (χ3v) is 4.13. The van der Waals surface area contributed by atoms with Gasteiger partial charge >= 0.3 is 6.18 Å². The first-order valence-corrected chi connectivity index (χ1v) is 8.77. The van der Waals surface area contributed by atoms with Gasteiger partial charge in [-0.25, -0.2) is 13.4 Å². The van der Waals surface area contributed by atoms with Crippen molar-refractivity contribution in [2.24, 2.45) is 0 Å². The minimum Gasteiger partial charge on any atom is -0.315 e. The quantitative estimate of drug-likeness (QED) is 0.611. The number of hydrogen-bond donors (Lipinski definition) is 1. The van der Waals surface area contributed by atoms with E-state index in [9.17, 15) is 21.6 Å². The Morgan fingerprint density at radius 2 is 2.00 bits per heavy atom. The lowest BCUT2D eigenvalue weighted by Crippen LogP contribution is -2.24. The molecule has 114 valence electrons. The second-order valence-electron chi connectivity index (χ2n) is 4.11. The molecule has 20 heavy (non-hydrogen) atoms. The van der Waals surface area contributed by atoms with Crippen LogP contribution in [-0.4, -0.2) is 44.3 Å². The van der Waals surface area contributed by atoms with Crippen molar-refractivity contribution >= 4 is 21.6 Å². The average Bonchev–Trinajstić information content (AvgIpc) is 2.32. The molecule has 0 spiro atoms. The Bertz CT molecular complexity index is 515. The summed E-state index contributed by atoms with van der Waals surface area (Å²) in [7, 11) is -2.97. The molecular weight excluding hydrogens is 313 g/mol. The van der Waals surface area contributed by atoms with Gasteiger partial charge in [0.1, 0.15) is 9.84 Å².